The van der Waals surface area contributed by atoms with E-state index < -0.39 is 0 Å². The molecule has 1 unspecified atom stereocenters. The van der Waals surface area contributed by atoms with Crippen LogP contribution >= 0.6 is 0 Å². The van der Waals surface area contributed by atoms with Gasteiger partial charge in [0.05, 0.1) is 0 Å². The Kier molecular flexibility index (Phi) is 2.94. The van der Waals surface area contributed by atoms with Gasteiger partial charge in [0, 0.05) is 18.3 Å². The van der Waals surface area contributed by atoms with Gasteiger partial charge in [-0.15, -0.1) is 0 Å². The lowest BCUT2D eigenvalue weighted by Gasteiger charge is -2.23. The molecule has 0 N–H and O–H groups in total. The van der Waals surface area contributed by atoms with E-state index in [2.05, 4.69) is 43.9 Å². The lowest BCUT2D eigenvalue weighted by atomic mass is 10.1. The minimum atomic E-state index is 0.517. The lowest BCUT2D eigenvalue weighted by Crippen LogP contribution is -2.27. The van der Waals surface area contributed by atoms with E-state index in [9.17, 15) is 0 Å². The summed E-state index contributed by atoms with van der Waals surface area (Å²) in [5, 5.41) is 0. The smallest absolute Gasteiger partial charge is 0.129 e. The Hall–Kier alpha value is -1.05. The van der Waals surface area contributed by atoms with Crippen LogP contribution in [0.15, 0.2) is 18.2 Å². The van der Waals surface area contributed by atoms with Gasteiger partial charge in [-0.2, -0.15) is 0 Å². The van der Waals surface area contributed by atoms with E-state index in [1.54, 1.807) is 0 Å². The largest absolute Gasteiger partial charge is 0.354 e. The Labute approximate surface area is 92.3 Å². The van der Waals surface area contributed by atoms with Crippen LogP contribution in [-0.2, 0) is 0 Å². The SMILES string of the molecule is CC(C)c1cccc(N2CCCC2C)n1. The Bertz CT molecular complexity index is 333. The van der Waals surface area contributed by atoms with Gasteiger partial charge >= 0.3 is 0 Å². The first kappa shape index (κ1) is 10.5. The summed E-state index contributed by atoms with van der Waals surface area (Å²) < 4.78 is 0. The quantitative estimate of drug-likeness (QED) is 0.735. The Morgan fingerprint density at radius 2 is 2.20 bits per heavy atom. The molecule has 15 heavy (non-hydrogen) atoms. The monoisotopic (exact) mass is 204 g/mol. The van der Waals surface area contributed by atoms with Gasteiger partial charge in [0.25, 0.3) is 0 Å². The highest BCUT2D eigenvalue weighted by molar-refractivity contribution is 5.41. The highest BCUT2D eigenvalue weighted by Gasteiger charge is 2.21. The summed E-state index contributed by atoms with van der Waals surface area (Å²) in [7, 11) is 0. The van der Waals surface area contributed by atoms with E-state index in [1.165, 1.54) is 18.5 Å². The number of nitrogens with zero attached hydrogens (tertiary/aromatic N) is 2. The van der Waals surface area contributed by atoms with Crippen LogP contribution in [0.1, 0.15) is 45.2 Å². The fraction of sp³-hybridized carbons (Fsp3) is 0.615. The molecule has 0 spiro atoms. The van der Waals surface area contributed by atoms with Crippen LogP contribution in [0.3, 0.4) is 0 Å². The number of anilines is 1. The van der Waals surface area contributed by atoms with E-state index in [4.69, 9.17) is 4.98 Å². The first-order chi connectivity index (χ1) is 7.18. The summed E-state index contributed by atoms with van der Waals surface area (Å²) in [6.07, 6.45) is 2.60. The molecule has 1 aromatic heterocycles. The fourth-order valence-electron chi connectivity index (χ4n) is 2.19. The molecule has 2 heteroatoms. The lowest BCUT2D eigenvalue weighted by molar-refractivity contribution is 0.720. The average molecular weight is 204 g/mol. The standard InChI is InChI=1S/C13H20N2/c1-10(2)12-7-4-8-13(14-12)15-9-5-6-11(15)3/h4,7-8,10-11H,5-6,9H2,1-3H3. The third-order valence-electron chi connectivity index (χ3n) is 3.19. The molecule has 0 radical (unpaired) electrons. The van der Waals surface area contributed by atoms with Crippen LogP contribution in [0.2, 0.25) is 0 Å². The van der Waals surface area contributed by atoms with Crippen molar-refractivity contribution < 1.29 is 0 Å². The van der Waals surface area contributed by atoms with Gasteiger partial charge in [-0.05, 0) is 37.8 Å². The highest BCUT2D eigenvalue weighted by Crippen LogP contribution is 2.24. The minimum absolute atomic E-state index is 0.517. The topological polar surface area (TPSA) is 16.1 Å². The van der Waals surface area contributed by atoms with Crippen LogP contribution in [0, 0.1) is 0 Å². The Morgan fingerprint density at radius 1 is 1.40 bits per heavy atom. The van der Waals surface area contributed by atoms with Crippen LogP contribution in [-0.4, -0.2) is 17.6 Å². The molecule has 82 valence electrons. The van der Waals surface area contributed by atoms with Crippen LogP contribution < -0.4 is 4.90 Å². The summed E-state index contributed by atoms with van der Waals surface area (Å²) in [5.41, 5.74) is 1.20. The third-order valence-corrected chi connectivity index (χ3v) is 3.19. The number of pyridine rings is 1. The molecule has 0 saturated carbocycles. The fourth-order valence-corrected chi connectivity index (χ4v) is 2.19. The van der Waals surface area contributed by atoms with Gasteiger partial charge in [0.2, 0.25) is 0 Å². The van der Waals surface area contributed by atoms with Crippen molar-refractivity contribution in [3.05, 3.63) is 23.9 Å². The predicted octanol–water partition coefficient (Wildman–Crippen LogP) is 3.19. The summed E-state index contributed by atoms with van der Waals surface area (Å²) in [6, 6.07) is 7.03. The van der Waals surface area contributed by atoms with Crippen molar-refractivity contribution in [2.45, 2.75) is 45.6 Å². The molecule has 0 aliphatic carbocycles. The van der Waals surface area contributed by atoms with Crippen molar-refractivity contribution in [1.82, 2.24) is 4.98 Å². The number of hydrogen-bond donors (Lipinski definition) is 0. The molecule has 1 aromatic rings. The summed E-state index contributed by atoms with van der Waals surface area (Å²) in [4.78, 5) is 7.15. The van der Waals surface area contributed by atoms with Crippen LogP contribution in [0.4, 0.5) is 5.82 Å². The first-order valence-corrected chi connectivity index (χ1v) is 5.92. The molecule has 0 amide bonds. The van der Waals surface area contributed by atoms with E-state index in [-0.39, 0.29) is 0 Å². The van der Waals surface area contributed by atoms with E-state index in [0.717, 1.165) is 12.4 Å². The second kappa shape index (κ2) is 4.21. The number of rotatable bonds is 2. The molecule has 1 atom stereocenters. The normalized spacial score (nSPS) is 21.3. The van der Waals surface area contributed by atoms with E-state index in [0.29, 0.717) is 12.0 Å². The van der Waals surface area contributed by atoms with Crippen molar-refractivity contribution in [3.63, 3.8) is 0 Å². The van der Waals surface area contributed by atoms with Crippen LogP contribution in [0.5, 0.6) is 0 Å². The zero-order chi connectivity index (χ0) is 10.8. The molecule has 1 fully saturated rings. The maximum atomic E-state index is 4.73. The molecule has 0 aromatic carbocycles. The van der Waals surface area contributed by atoms with Crippen molar-refractivity contribution in [1.29, 1.82) is 0 Å². The van der Waals surface area contributed by atoms with Gasteiger partial charge in [0.15, 0.2) is 0 Å². The van der Waals surface area contributed by atoms with Gasteiger partial charge in [-0.1, -0.05) is 19.9 Å². The second-order valence-corrected chi connectivity index (χ2v) is 4.76. The molecular weight excluding hydrogens is 184 g/mol. The summed E-state index contributed by atoms with van der Waals surface area (Å²) >= 11 is 0. The molecule has 2 nitrogen and oxygen atoms in total. The molecule has 2 heterocycles. The molecular formula is C13H20N2. The minimum Gasteiger partial charge on any atom is -0.354 e. The predicted molar refractivity (Wildman–Crippen MR) is 64.4 cm³/mol. The van der Waals surface area contributed by atoms with E-state index >= 15 is 0 Å². The van der Waals surface area contributed by atoms with Gasteiger partial charge in [0.1, 0.15) is 5.82 Å². The Morgan fingerprint density at radius 3 is 2.80 bits per heavy atom. The third kappa shape index (κ3) is 2.14. The second-order valence-electron chi connectivity index (χ2n) is 4.76. The first-order valence-electron chi connectivity index (χ1n) is 5.92. The van der Waals surface area contributed by atoms with Crippen molar-refractivity contribution >= 4 is 5.82 Å². The molecule has 1 aliphatic rings. The van der Waals surface area contributed by atoms with Gasteiger partial charge in [-0.3, -0.25) is 0 Å². The number of aromatic nitrogens is 1. The van der Waals surface area contributed by atoms with Crippen molar-refractivity contribution in [2.75, 3.05) is 11.4 Å². The van der Waals surface area contributed by atoms with Gasteiger partial charge < -0.3 is 4.90 Å². The Balaban J connectivity index is 2.24. The molecule has 1 saturated heterocycles. The summed E-state index contributed by atoms with van der Waals surface area (Å²) in [5.74, 6) is 1.68. The molecule has 0 bridgehead atoms. The van der Waals surface area contributed by atoms with Crippen LogP contribution in [0.25, 0.3) is 0 Å². The molecule has 2 rings (SSSR count). The highest BCUT2D eigenvalue weighted by atomic mass is 15.2. The maximum Gasteiger partial charge on any atom is 0.129 e. The summed E-state index contributed by atoms with van der Waals surface area (Å²) in [6.45, 7) is 7.84. The van der Waals surface area contributed by atoms with Gasteiger partial charge in [-0.25, -0.2) is 4.98 Å². The van der Waals surface area contributed by atoms with Crippen molar-refractivity contribution in [3.8, 4) is 0 Å². The maximum absolute atomic E-state index is 4.73. The zero-order valence-corrected chi connectivity index (χ0v) is 9.90. The average Bonchev–Trinajstić information content (AvgIpc) is 2.64. The zero-order valence-electron chi connectivity index (χ0n) is 9.90. The van der Waals surface area contributed by atoms with E-state index in [1.807, 2.05) is 0 Å². The van der Waals surface area contributed by atoms with Crippen molar-refractivity contribution in [2.24, 2.45) is 0 Å². The molecule has 1 aliphatic heterocycles. The number of hydrogen-bond acceptors (Lipinski definition) is 2.